The summed E-state index contributed by atoms with van der Waals surface area (Å²) in [5.74, 6) is -2.23. The number of primary amides is 1. The molecule has 3 N–H and O–H groups in total. The average molecular weight is 379 g/mol. The van der Waals surface area contributed by atoms with E-state index >= 15 is 0 Å². The summed E-state index contributed by atoms with van der Waals surface area (Å²) in [5, 5.41) is 8.03. The molecule has 0 saturated carbocycles. The van der Waals surface area contributed by atoms with Crippen LogP contribution in [0.15, 0.2) is 30.5 Å². The number of nitrogens with zero attached hydrogens (tertiary/aromatic N) is 1. The van der Waals surface area contributed by atoms with E-state index in [0.29, 0.717) is 0 Å². The Balaban J connectivity index is 0.00000220. The zero-order valence-corrected chi connectivity index (χ0v) is 13.0. The van der Waals surface area contributed by atoms with Crippen molar-refractivity contribution in [3.63, 3.8) is 0 Å². The highest BCUT2D eigenvalue weighted by molar-refractivity contribution is 8.93. The summed E-state index contributed by atoms with van der Waals surface area (Å²) in [6, 6.07) is 4.40. The van der Waals surface area contributed by atoms with Crippen LogP contribution >= 0.6 is 28.6 Å². The predicted molar refractivity (Wildman–Crippen MR) is 79.6 cm³/mol. The number of halogens is 4. The van der Waals surface area contributed by atoms with Crippen LogP contribution in [0.1, 0.15) is 15.9 Å². The van der Waals surface area contributed by atoms with Crippen molar-refractivity contribution >= 4 is 34.5 Å². The number of nitrogens with one attached hydrogen (secondary N) is 1. The van der Waals surface area contributed by atoms with Crippen LogP contribution in [0.5, 0.6) is 0 Å². The Bertz CT molecular complexity index is 749. The SMILES string of the molecule is Br.N=c1c(C(N)=O)cc(Cl)cn1Cc1ccc(F)cc1F. The molecule has 0 radical (unpaired) electrons. The van der Waals surface area contributed by atoms with Gasteiger partial charge in [-0.15, -0.1) is 17.0 Å². The van der Waals surface area contributed by atoms with Gasteiger partial charge in [-0.3, -0.25) is 10.2 Å². The number of hydrogen-bond donors (Lipinski definition) is 2. The molecule has 0 spiro atoms. The first-order chi connectivity index (χ1) is 9.38. The number of pyridine rings is 1. The summed E-state index contributed by atoms with van der Waals surface area (Å²) >= 11 is 5.83. The summed E-state index contributed by atoms with van der Waals surface area (Å²) < 4.78 is 27.7. The van der Waals surface area contributed by atoms with Crippen LogP contribution < -0.4 is 11.2 Å². The zero-order chi connectivity index (χ0) is 14.9. The van der Waals surface area contributed by atoms with E-state index in [1.165, 1.54) is 22.9 Å². The number of carbonyl (C=O) groups excluding carboxylic acids is 1. The zero-order valence-electron chi connectivity index (χ0n) is 10.6. The lowest BCUT2D eigenvalue weighted by molar-refractivity contribution is 0.0998. The van der Waals surface area contributed by atoms with Crippen LogP contribution in [0.25, 0.3) is 0 Å². The minimum Gasteiger partial charge on any atom is -0.365 e. The first-order valence-corrected chi connectivity index (χ1v) is 5.94. The molecule has 4 nitrogen and oxygen atoms in total. The van der Waals surface area contributed by atoms with Crippen LogP contribution in [-0.2, 0) is 6.54 Å². The second-order valence-electron chi connectivity index (χ2n) is 4.15. The van der Waals surface area contributed by atoms with Crippen molar-refractivity contribution in [2.45, 2.75) is 6.54 Å². The Morgan fingerprint density at radius 3 is 2.57 bits per heavy atom. The normalized spacial score (nSPS) is 10.0. The number of hydrogen-bond acceptors (Lipinski definition) is 2. The second-order valence-corrected chi connectivity index (χ2v) is 4.58. The number of carbonyl (C=O) groups is 1. The van der Waals surface area contributed by atoms with E-state index in [-0.39, 0.29) is 45.2 Å². The molecule has 0 fully saturated rings. The maximum Gasteiger partial charge on any atom is 0.252 e. The monoisotopic (exact) mass is 377 g/mol. The van der Waals surface area contributed by atoms with Crippen LogP contribution in [0.3, 0.4) is 0 Å². The van der Waals surface area contributed by atoms with E-state index in [1.54, 1.807) is 0 Å². The van der Waals surface area contributed by atoms with Crippen LogP contribution in [-0.4, -0.2) is 10.5 Å². The van der Waals surface area contributed by atoms with Gasteiger partial charge in [0, 0.05) is 17.8 Å². The molecule has 0 saturated heterocycles. The van der Waals surface area contributed by atoms with E-state index in [4.69, 9.17) is 22.7 Å². The van der Waals surface area contributed by atoms with Crippen molar-refractivity contribution < 1.29 is 13.6 Å². The molecule has 0 bridgehead atoms. The fraction of sp³-hybridized carbons (Fsp3) is 0.0769. The maximum atomic E-state index is 13.6. The first-order valence-electron chi connectivity index (χ1n) is 5.57. The molecule has 0 aliphatic carbocycles. The molecular formula is C13H11BrClF2N3O. The van der Waals surface area contributed by atoms with Gasteiger partial charge in [0.1, 0.15) is 17.1 Å². The van der Waals surface area contributed by atoms with Gasteiger partial charge in [0.2, 0.25) is 0 Å². The molecule has 0 aliphatic rings. The van der Waals surface area contributed by atoms with Gasteiger partial charge < -0.3 is 10.3 Å². The Morgan fingerprint density at radius 2 is 2.00 bits per heavy atom. The van der Waals surface area contributed by atoms with Crippen molar-refractivity contribution in [2.24, 2.45) is 5.73 Å². The van der Waals surface area contributed by atoms with Gasteiger partial charge in [-0.05, 0) is 12.1 Å². The smallest absolute Gasteiger partial charge is 0.252 e. The van der Waals surface area contributed by atoms with Crippen LogP contribution in [0.4, 0.5) is 8.78 Å². The number of rotatable bonds is 3. The summed E-state index contributed by atoms with van der Waals surface area (Å²) in [4.78, 5) is 11.2. The van der Waals surface area contributed by atoms with Crippen molar-refractivity contribution in [2.75, 3.05) is 0 Å². The highest BCUT2D eigenvalue weighted by Crippen LogP contribution is 2.13. The van der Waals surface area contributed by atoms with Crippen molar-refractivity contribution in [1.82, 2.24) is 4.57 Å². The highest BCUT2D eigenvalue weighted by Gasteiger charge is 2.10. The Labute approximate surface area is 134 Å². The molecular weight excluding hydrogens is 368 g/mol. The number of aromatic nitrogens is 1. The summed E-state index contributed by atoms with van der Waals surface area (Å²) in [7, 11) is 0. The quantitative estimate of drug-likeness (QED) is 0.847. The third kappa shape index (κ3) is 3.89. The minimum atomic E-state index is -0.800. The fourth-order valence-corrected chi connectivity index (χ4v) is 1.98. The van der Waals surface area contributed by atoms with E-state index in [0.717, 1.165) is 12.1 Å². The molecule has 8 heteroatoms. The van der Waals surface area contributed by atoms with Crippen molar-refractivity contribution in [1.29, 1.82) is 5.41 Å². The lowest BCUT2D eigenvalue weighted by Gasteiger charge is -2.10. The van der Waals surface area contributed by atoms with E-state index in [2.05, 4.69) is 0 Å². The van der Waals surface area contributed by atoms with E-state index in [9.17, 15) is 13.6 Å². The minimum absolute atomic E-state index is 0. The number of nitrogens with two attached hydrogens (primary N) is 1. The third-order valence-corrected chi connectivity index (χ3v) is 2.93. The van der Waals surface area contributed by atoms with Gasteiger partial charge in [0.25, 0.3) is 5.91 Å². The Hall–Kier alpha value is -1.73. The fourth-order valence-electron chi connectivity index (χ4n) is 1.76. The molecule has 1 heterocycles. The topological polar surface area (TPSA) is 71.9 Å². The van der Waals surface area contributed by atoms with Gasteiger partial charge in [-0.25, -0.2) is 8.78 Å². The number of benzene rings is 1. The van der Waals surface area contributed by atoms with Gasteiger partial charge >= 0.3 is 0 Å². The molecule has 1 aromatic carbocycles. The van der Waals surface area contributed by atoms with Gasteiger partial charge in [0.05, 0.1) is 17.1 Å². The van der Waals surface area contributed by atoms with Gasteiger partial charge in [-0.1, -0.05) is 17.7 Å². The molecule has 21 heavy (non-hydrogen) atoms. The lowest BCUT2D eigenvalue weighted by atomic mass is 10.2. The molecule has 0 unspecified atom stereocenters. The summed E-state index contributed by atoms with van der Waals surface area (Å²) in [5.41, 5.74) is 5.05. The number of amides is 1. The van der Waals surface area contributed by atoms with Gasteiger partial charge in [-0.2, -0.15) is 0 Å². The third-order valence-electron chi connectivity index (χ3n) is 2.72. The van der Waals surface area contributed by atoms with Crippen molar-refractivity contribution in [3.05, 3.63) is 63.7 Å². The average Bonchev–Trinajstić information content (AvgIpc) is 2.36. The highest BCUT2D eigenvalue weighted by atomic mass is 79.9. The first kappa shape index (κ1) is 17.3. The standard InChI is InChI=1S/C13H10ClF2N3O.BrH/c14-8-3-10(13(18)20)12(17)19(6-8)5-7-1-2-9(15)4-11(7)16;/h1-4,6,17H,5H2,(H2,18,20);1H. The maximum absolute atomic E-state index is 13.6. The van der Waals surface area contributed by atoms with Crippen molar-refractivity contribution in [3.8, 4) is 0 Å². The van der Waals surface area contributed by atoms with E-state index in [1.807, 2.05) is 0 Å². The molecule has 112 valence electrons. The van der Waals surface area contributed by atoms with Crippen LogP contribution in [0.2, 0.25) is 5.02 Å². The Morgan fingerprint density at radius 1 is 1.33 bits per heavy atom. The molecule has 2 aromatic rings. The largest absolute Gasteiger partial charge is 0.365 e. The predicted octanol–water partition coefficient (Wildman–Crippen LogP) is 2.62. The molecule has 2 rings (SSSR count). The molecule has 0 atom stereocenters. The van der Waals surface area contributed by atoms with Gasteiger partial charge in [0.15, 0.2) is 0 Å². The lowest BCUT2D eigenvalue weighted by Crippen LogP contribution is -2.30. The second kappa shape index (κ2) is 6.82. The Kier molecular flexibility index (Phi) is 5.62. The molecule has 1 aromatic heterocycles. The molecule has 0 aliphatic heterocycles. The summed E-state index contributed by atoms with van der Waals surface area (Å²) in [6.07, 6.45) is 1.37. The molecule has 1 amide bonds. The van der Waals surface area contributed by atoms with Crippen LogP contribution in [0, 0.1) is 17.0 Å². The summed E-state index contributed by atoms with van der Waals surface area (Å²) in [6.45, 7) is -0.0637. The van der Waals surface area contributed by atoms with E-state index < -0.39 is 17.5 Å².